The van der Waals surface area contributed by atoms with Crippen molar-refractivity contribution in [3.63, 3.8) is 0 Å². The summed E-state index contributed by atoms with van der Waals surface area (Å²) in [5.74, 6) is 1.91. The van der Waals surface area contributed by atoms with Crippen molar-refractivity contribution in [3.8, 4) is 11.6 Å². The van der Waals surface area contributed by atoms with E-state index in [2.05, 4.69) is 9.88 Å². The smallest absolute Gasteiger partial charge is 0.213 e. The Labute approximate surface area is 158 Å². The fourth-order valence-electron chi connectivity index (χ4n) is 4.32. The summed E-state index contributed by atoms with van der Waals surface area (Å²) in [6.07, 6.45) is 0.807. The molecule has 2 heterocycles. The van der Waals surface area contributed by atoms with E-state index >= 15 is 0 Å². The van der Waals surface area contributed by atoms with Crippen molar-refractivity contribution in [2.24, 2.45) is 11.8 Å². The molecule has 1 saturated heterocycles. The van der Waals surface area contributed by atoms with Crippen LogP contribution in [-0.2, 0) is 6.54 Å². The Kier molecular flexibility index (Phi) is 5.27. The third kappa shape index (κ3) is 4.22. The van der Waals surface area contributed by atoms with Crippen molar-refractivity contribution >= 4 is 0 Å². The molecular formula is C21H25FN2O3. The van der Waals surface area contributed by atoms with E-state index in [0.717, 1.165) is 38.2 Å². The van der Waals surface area contributed by atoms with Gasteiger partial charge in [0.25, 0.3) is 0 Å². The molecule has 4 atom stereocenters. The van der Waals surface area contributed by atoms with E-state index < -0.39 is 6.10 Å². The van der Waals surface area contributed by atoms with Crippen molar-refractivity contribution in [2.45, 2.75) is 31.6 Å². The second-order valence-electron chi connectivity index (χ2n) is 7.53. The summed E-state index contributed by atoms with van der Waals surface area (Å²) in [5.41, 5.74) is 0.993. The molecule has 2 aliphatic rings. The molecule has 1 saturated carbocycles. The molecule has 2 fully saturated rings. The van der Waals surface area contributed by atoms with Crippen LogP contribution in [0.3, 0.4) is 0 Å². The van der Waals surface area contributed by atoms with E-state index in [9.17, 15) is 9.50 Å². The number of methoxy groups -OCH3 is 1. The van der Waals surface area contributed by atoms with E-state index in [4.69, 9.17) is 9.47 Å². The van der Waals surface area contributed by atoms with Crippen LogP contribution in [0, 0.1) is 17.7 Å². The molecule has 1 N–H and O–H groups in total. The van der Waals surface area contributed by atoms with Gasteiger partial charge in [-0.25, -0.2) is 9.37 Å². The van der Waals surface area contributed by atoms with Crippen molar-refractivity contribution in [3.05, 3.63) is 54.0 Å². The minimum Gasteiger partial charge on any atom is -0.488 e. The van der Waals surface area contributed by atoms with Gasteiger partial charge < -0.3 is 14.6 Å². The van der Waals surface area contributed by atoms with Crippen LogP contribution in [0.25, 0.3) is 0 Å². The van der Waals surface area contributed by atoms with Crippen LogP contribution in [0.15, 0.2) is 42.5 Å². The second kappa shape index (κ2) is 7.82. The number of aromatic nitrogens is 1. The number of likely N-dealkylation sites (tertiary alicyclic amines) is 1. The molecule has 5 nitrogen and oxygen atoms in total. The minimum absolute atomic E-state index is 0.244. The Morgan fingerprint density at radius 2 is 1.85 bits per heavy atom. The highest BCUT2D eigenvalue weighted by molar-refractivity contribution is 5.22. The zero-order valence-corrected chi connectivity index (χ0v) is 15.4. The summed E-state index contributed by atoms with van der Waals surface area (Å²) in [5, 5.41) is 10.5. The van der Waals surface area contributed by atoms with Gasteiger partial charge in [0.05, 0.1) is 18.9 Å². The Bertz CT molecular complexity index is 770. The monoisotopic (exact) mass is 372 g/mol. The lowest BCUT2D eigenvalue weighted by Gasteiger charge is -2.35. The van der Waals surface area contributed by atoms with Crippen molar-refractivity contribution in [2.75, 3.05) is 20.2 Å². The highest BCUT2D eigenvalue weighted by Gasteiger charge is 2.42. The van der Waals surface area contributed by atoms with Gasteiger partial charge >= 0.3 is 0 Å². The number of aliphatic hydroxyl groups is 1. The van der Waals surface area contributed by atoms with Gasteiger partial charge in [-0.15, -0.1) is 0 Å². The maximum atomic E-state index is 13.1. The van der Waals surface area contributed by atoms with Crippen LogP contribution in [0.2, 0.25) is 0 Å². The largest absolute Gasteiger partial charge is 0.488 e. The number of ether oxygens (including phenoxy) is 2. The maximum Gasteiger partial charge on any atom is 0.213 e. The first-order valence-corrected chi connectivity index (χ1v) is 9.43. The summed E-state index contributed by atoms with van der Waals surface area (Å²) < 4.78 is 24.2. The normalized spacial score (nSPS) is 28.0. The summed E-state index contributed by atoms with van der Waals surface area (Å²) in [6, 6.07) is 11.8. The first-order valence-electron chi connectivity index (χ1n) is 9.43. The predicted octanol–water partition coefficient (Wildman–Crippen LogP) is 2.88. The zero-order valence-electron chi connectivity index (χ0n) is 15.4. The molecule has 2 aromatic rings. The zero-order chi connectivity index (χ0) is 18.8. The molecule has 0 unspecified atom stereocenters. The number of hydrogen-bond donors (Lipinski definition) is 1. The fourth-order valence-corrected chi connectivity index (χ4v) is 4.32. The lowest BCUT2D eigenvalue weighted by atomic mass is 9.78. The molecule has 0 spiro atoms. The van der Waals surface area contributed by atoms with Gasteiger partial charge in [-0.1, -0.05) is 6.07 Å². The van der Waals surface area contributed by atoms with E-state index in [1.165, 1.54) is 12.1 Å². The third-order valence-electron chi connectivity index (χ3n) is 5.64. The number of nitrogens with zero attached hydrogens (tertiary/aromatic N) is 2. The molecule has 6 heteroatoms. The molecule has 144 valence electrons. The van der Waals surface area contributed by atoms with Crippen molar-refractivity contribution in [1.29, 1.82) is 0 Å². The number of hydrogen-bond acceptors (Lipinski definition) is 5. The molecule has 1 aromatic carbocycles. The SMILES string of the molecule is COc1cccc(CN2C[C@H]3C[C@@H](Oc4ccc(F)cc4)[C@H](O)C[C@H]3C2)n1. The number of aliphatic hydroxyl groups excluding tert-OH is 1. The van der Waals surface area contributed by atoms with Crippen LogP contribution in [-0.4, -0.2) is 47.4 Å². The Balaban J connectivity index is 1.37. The quantitative estimate of drug-likeness (QED) is 0.875. The van der Waals surface area contributed by atoms with E-state index in [1.807, 2.05) is 18.2 Å². The number of pyridine rings is 1. The molecule has 0 bridgehead atoms. The predicted molar refractivity (Wildman–Crippen MR) is 99.1 cm³/mol. The van der Waals surface area contributed by atoms with Crippen molar-refractivity contribution in [1.82, 2.24) is 9.88 Å². The molecule has 0 radical (unpaired) electrons. The van der Waals surface area contributed by atoms with Gasteiger partial charge in [-0.05, 0) is 55.0 Å². The van der Waals surface area contributed by atoms with Crippen LogP contribution in [0.4, 0.5) is 4.39 Å². The Morgan fingerprint density at radius 3 is 2.59 bits per heavy atom. The topological polar surface area (TPSA) is 54.8 Å². The number of halogens is 1. The van der Waals surface area contributed by atoms with Gasteiger partial charge in [-0.2, -0.15) is 0 Å². The summed E-state index contributed by atoms with van der Waals surface area (Å²) in [7, 11) is 1.62. The van der Waals surface area contributed by atoms with E-state index in [0.29, 0.717) is 23.5 Å². The van der Waals surface area contributed by atoms with E-state index in [-0.39, 0.29) is 11.9 Å². The second-order valence-corrected chi connectivity index (χ2v) is 7.53. The van der Waals surface area contributed by atoms with Gasteiger partial charge in [0.15, 0.2) is 0 Å². The maximum absolute atomic E-state index is 13.1. The Hall–Kier alpha value is -2.18. The first kappa shape index (κ1) is 18.2. The average molecular weight is 372 g/mol. The van der Waals surface area contributed by atoms with Crippen LogP contribution >= 0.6 is 0 Å². The first-order chi connectivity index (χ1) is 13.1. The highest BCUT2D eigenvalue weighted by atomic mass is 19.1. The summed E-state index contributed by atoms with van der Waals surface area (Å²) >= 11 is 0. The Morgan fingerprint density at radius 1 is 1.11 bits per heavy atom. The molecule has 0 amide bonds. The number of rotatable bonds is 5. The van der Waals surface area contributed by atoms with E-state index in [1.54, 1.807) is 19.2 Å². The minimum atomic E-state index is -0.494. The lowest BCUT2D eigenvalue weighted by Crippen LogP contribution is -2.42. The van der Waals surface area contributed by atoms with Gasteiger partial charge in [0.2, 0.25) is 5.88 Å². The number of benzene rings is 1. The highest BCUT2D eigenvalue weighted by Crippen LogP contribution is 2.38. The van der Waals surface area contributed by atoms with Crippen LogP contribution < -0.4 is 9.47 Å². The van der Waals surface area contributed by atoms with Crippen LogP contribution in [0.5, 0.6) is 11.6 Å². The average Bonchev–Trinajstić information content (AvgIpc) is 3.05. The van der Waals surface area contributed by atoms with Crippen LogP contribution in [0.1, 0.15) is 18.5 Å². The summed E-state index contributed by atoms with van der Waals surface area (Å²) in [6.45, 7) is 2.72. The lowest BCUT2D eigenvalue weighted by molar-refractivity contribution is -0.0231. The van der Waals surface area contributed by atoms with Gasteiger partial charge in [0.1, 0.15) is 17.7 Å². The molecule has 1 aliphatic carbocycles. The van der Waals surface area contributed by atoms with Crippen molar-refractivity contribution < 1.29 is 19.0 Å². The fraction of sp³-hybridized carbons (Fsp3) is 0.476. The molecular weight excluding hydrogens is 347 g/mol. The molecule has 4 rings (SSSR count). The van der Waals surface area contributed by atoms with Gasteiger partial charge in [0, 0.05) is 25.7 Å². The summed E-state index contributed by atoms with van der Waals surface area (Å²) in [4.78, 5) is 6.89. The molecule has 1 aromatic heterocycles. The van der Waals surface area contributed by atoms with Gasteiger partial charge in [-0.3, -0.25) is 4.90 Å². The number of fused-ring (bicyclic) bond motifs is 1. The molecule has 27 heavy (non-hydrogen) atoms. The standard InChI is InChI=1S/C21H25FN2O3/c1-26-21-4-2-3-17(23-21)13-24-11-14-9-19(25)20(10-15(14)12-24)27-18-7-5-16(22)6-8-18/h2-8,14-15,19-20,25H,9-13H2,1H3/t14-,15+,19+,20+/m0/s1. The third-order valence-corrected chi connectivity index (χ3v) is 5.64. The molecule has 1 aliphatic heterocycles.